The van der Waals surface area contributed by atoms with Crippen molar-refractivity contribution in [1.82, 2.24) is 10.0 Å². The summed E-state index contributed by atoms with van der Waals surface area (Å²) in [6.07, 6.45) is 5.78. The van der Waals surface area contributed by atoms with Crippen LogP contribution in [0.2, 0.25) is 0 Å². The maximum absolute atomic E-state index is 11.4. The van der Waals surface area contributed by atoms with Crippen molar-refractivity contribution in [1.29, 1.82) is 0 Å². The minimum absolute atomic E-state index is 0.470. The molecule has 0 bridgehead atoms. The van der Waals surface area contributed by atoms with E-state index in [0.717, 1.165) is 25.9 Å². The molecule has 1 heterocycles. The predicted molar refractivity (Wildman–Crippen MR) is 50.4 cm³/mol. The van der Waals surface area contributed by atoms with E-state index in [9.17, 15) is 4.21 Å². The summed E-state index contributed by atoms with van der Waals surface area (Å²) < 4.78 is 14.5. The van der Waals surface area contributed by atoms with E-state index < -0.39 is 10.1 Å². The highest BCUT2D eigenvalue weighted by atomic mass is 32.3. The topological polar surface area (TPSA) is 41.1 Å². The molecule has 68 valence electrons. The summed E-state index contributed by atoms with van der Waals surface area (Å²) in [7, 11) is -2.01. The largest absolute Gasteiger partial charge is 0.317 e. The van der Waals surface area contributed by atoms with Crippen LogP contribution in [-0.2, 0) is 10.1 Å². The van der Waals surface area contributed by atoms with Gasteiger partial charge in [-0.25, -0.2) is 0 Å². The smallest absolute Gasteiger partial charge is 0.0200 e. The summed E-state index contributed by atoms with van der Waals surface area (Å²) in [6, 6.07) is 0.470. The van der Waals surface area contributed by atoms with Crippen LogP contribution in [0.4, 0.5) is 0 Å². The number of rotatable bonds is 2. The molecule has 11 heavy (non-hydrogen) atoms. The Morgan fingerprint density at radius 1 is 1.36 bits per heavy atom. The molecule has 0 atom stereocenters. The van der Waals surface area contributed by atoms with Crippen molar-refractivity contribution >= 4 is 10.1 Å². The van der Waals surface area contributed by atoms with Crippen LogP contribution in [0.15, 0.2) is 0 Å². The number of thiol groups is 1. The van der Waals surface area contributed by atoms with E-state index in [4.69, 9.17) is 0 Å². The van der Waals surface area contributed by atoms with Crippen LogP contribution >= 0.6 is 0 Å². The van der Waals surface area contributed by atoms with Gasteiger partial charge in [-0.3, -0.25) is 8.93 Å². The summed E-state index contributed by atoms with van der Waals surface area (Å²) in [4.78, 5) is 0. The molecule has 0 unspecified atom stereocenters. The van der Waals surface area contributed by atoms with E-state index in [0.29, 0.717) is 6.04 Å². The van der Waals surface area contributed by atoms with Gasteiger partial charge in [-0.15, -0.1) is 0 Å². The second-order valence-corrected chi connectivity index (χ2v) is 6.46. The monoisotopic (exact) mass is 178 g/mol. The third kappa shape index (κ3) is 3.84. The van der Waals surface area contributed by atoms with Crippen molar-refractivity contribution in [2.75, 3.05) is 25.6 Å². The van der Waals surface area contributed by atoms with Crippen LogP contribution in [0.25, 0.3) is 0 Å². The average molecular weight is 178 g/mol. The van der Waals surface area contributed by atoms with E-state index in [2.05, 4.69) is 10.0 Å². The molecule has 0 aliphatic carbocycles. The van der Waals surface area contributed by atoms with Crippen LogP contribution in [0.1, 0.15) is 12.8 Å². The summed E-state index contributed by atoms with van der Waals surface area (Å²) in [5.74, 6) is 0. The Morgan fingerprint density at radius 2 is 1.91 bits per heavy atom. The van der Waals surface area contributed by atoms with Crippen LogP contribution < -0.4 is 10.0 Å². The molecule has 0 aromatic carbocycles. The maximum atomic E-state index is 11.4. The summed E-state index contributed by atoms with van der Waals surface area (Å²) in [6.45, 7) is 2.11. The highest BCUT2D eigenvalue weighted by molar-refractivity contribution is 7.99. The minimum Gasteiger partial charge on any atom is -0.317 e. The molecule has 0 amide bonds. The fraction of sp³-hybridized carbons (Fsp3) is 1.00. The molecular weight excluding hydrogens is 160 g/mol. The first-order chi connectivity index (χ1) is 5.08. The Labute approximate surface area is 69.5 Å². The predicted octanol–water partition coefficient (Wildman–Crippen LogP) is -0.481. The zero-order valence-electron chi connectivity index (χ0n) is 7.26. The van der Waals surface area contributed by atoms with Crippen molar-refractivity contribution in [3.05, 3.63) is 0 Å². The van der Waals surface area contributed by atoms with Gasteiger partial charge in [0.15, 0.2) is 0 Å². The van der Waals surface area contributed by atoms with Gasteiger partial charge in [0.05, 0.1) is 0 Å². The molecule has 3 nitrogen and oxygen atoms in total. The second kappa shape index (κ2) is 3.65. The maximum Gasteiger partial charge on any atom is 0.0200 e. The first-order valence-electron chi connectivity index (χ1n) is 4.11. The highest BCUT2D eigenvalue weighted by Gasteiger charge is 2.14. The molecule has 0 radical (unpaired) electrons. The van der Waals surface area contributed by atoms with Crippen molar-refractivity contribution in [2.24, 2.45) is 0 Å². The molecule has 0 aromatic heterocycles. The number of nitrogens with one attached hydrogen (secondary N) is 2. The fourth-order valence-electron chi connectivity index (χ4n) is 1.39. The molecule has 0 aromatic rings. The SMILES string of the molecule is C[SH](C)(=O)NC1CCNCC1. The van der Waals surface area contributed by atoms with Gasteiger partial charge < -0.3 is 5.32 Å². The highest BCUT2D eigenvalue weighted by Crippen LogP contribution is 2.04. The van der Waals surface area contributed by atoms with Crippen molar-refractivity contribution in [3.8, 4) is 0 Å². The fourth-order valence-corrected chi connectivity index (χ4v) is 2.53. The minimum atomic E-state index is -2.01. The zero-order valence-corrected chi connectivity index (χ0v) is 8.16. The molecule has 1 rings (SSSR count). The molecule has 1 fully saturated rings. The van der Waals surface area contributed by atoms with Crippen LogP contribution in [0.3, 0.4) is 0 Å². The summed E-state index contributed by atoms with van der Waals surface area (Å²) >= 11 is 0. The standard InChI is InChI=1S/C7H18N2OS/c1-11(2,10)9-7-3-5-8-6-4-7/h7-8,11H,3-6H2,1-2H3,(H,9,10). The summed E-state index contributed by atoms with van der Waals surface area (Å²) in [5, 5.41) is 3.27. The van der Waals surface area contributed by atoms with Crippen LogP contribution in [-0.4, -0.2) is 35.9 Å². The van der Waals surface area contributed by atoms with Crippen molar-refractivity contribution in [2.45, 2.75) is 18.9 Å². The Balaban J connectivity index is 2.30. The second-order valence-electron chi connectivity index (χ2n) is 3.50. The van der Waals surface area contributed by atoms with E-state index in [1.165, 1.54) is 0 Å². The van der Waals surface area contributed by atoms with Gasteiger partial charge in [0.2, 0.25) is 0 Å². The molecule has 1 aliphatic rings. The van der Waals surface area contributed by atoms with Crippen molar-refractivity contribution < 1.29 is 4.21 Å². The van der Waals surface area contributed by atoms with Crippen LogP contribution in [0, 0.1) is 0 Å². The van der Waals surface area contributed by atoms with E-state index in [1.807, 2.05) is 0 Å². The Hall–Kier alpha value is 0.0700. The first-order valence-corrected chi connectivity index (χ1v) is 6.71. The quantitative estimate of drug-likeness (QED) is 0.500. The Morgan fingerprint density at radius 3 is 2.36 bits per heavy atom. The van der Waals surface area contributed by atoms with Crippen molar-refractivity contribution in [3.63, 3.8) is 0 Å². The van der Waals surface area contributed by atoms with Gasteiger partial charge in [0.25, 0.3) is 0 Å². The number of hydrogen-bond donors (Lipinski definition) is 3. The van der Waals surface area contributed by atoms with E-state index in [-0.39, 0.29) is 0 Å². The molecule has 1 saturated heterocycles. The molecule has 0 spiro atoms. The van der Waals surface area contributed by atoms with Gasteiger partial charge in [0, 0.05) is 18.6 Å². The van der Waals surface area contributed by atoms with Gasteiger partial charge in [-0.1, -0.05) is 10.1 Å². The third-order valence-corrected chi connectivity index (χ3v) is 2.82. The van der Waals surface area contributed by atoms with Gasteiger partial charge >= 0.3 is 0 Å². The summed E-state index contributed by atoms with van der Waals surface area (Å²) in [5.41, 5.74) is 0. The van der Waals surface area contributed by atoms with E-state index in [1.54, 1.807) is 12.5 Å². The normalized spacial score (nSPS) is 23.5. The molecule has 0 saturated carbocycles. The molecule has 1 aliphatic heterocycles. The third-order valence-electron chi connectivity index (χ3n) is 1.83. The zero-order chi connectivity index (χ0) is 8.32. The number of hydrogen-bond acceptors (Lipinski definition) is 2. The molecule has 4 heteroatoms. The lowest BCUT2D eigenvalue weighted by atomic mass is 10.1. The Bertz CT molecular complexity index is 160. The molecule has 2 N–H and O–H groups in total. The van der Waals surface area contributed by atoms with E-state index >= 15 is 0 Å². The van der Waals surface area contributed by atoms with Gasteiger partial charge in [0.1, 0.15) is 0 Å². The lowest BCUT2D eigenvalue weighted by molar-refractivity contribution is 0.434. The molecular formula is C7H18N2OS. The number of piperidine rings is 1. The lowest BCUT2D eigenvalue weighted by Crippen LogP contribution is -2.44. The first kappa shape index (κ1) is 9.16. The lowest BCUT2D eigenvalue weighted by Gasteiger charge is -2.27. The van der Waals surface area contributed by atoms with Crippen LogP contribution in [0.5, 0.6) is 0 Å². The average Bonchev–Trinajstić information content (AvgIpc) is 1.85. The Kier molecular flexibility index (Phi) is 3.04. The van der Waals surface area contributed by atoms with Gasteiger partial charge in [-0.05, 0) is 25.9 Å². The van der Waals surface area contributed by atoms with Gasteiger partial charge in [-0.2, -0.15) is 0 Å².